The highest BCUT2D eigenvalue weighted by molar-refractivity contribution is 6.30. The maximum absolute atomic E-state index is 5.97. The van der Waals surface area contributed by atoms with Crippen LogP contribution in [0.3, 0.4) is 0 Å². The first kappa shape index (κ1) is 14.4. The number of pyridine rings is 1. The molecule has 0 saturated carbocycles. The number of halogens is 1. The minimum Gasteiger partial charge on any atom is -0.308 e. The van der Waals surface area contributed by atoms with Gasteiger partial charge in [-0.05, 0) is 39.7 Å². The zero-order valence-electron chi connectivity index (χ0n) is 11.2. The van der Waals surface area contributed by atoms with Crippen molar-refractivity contribution in [2.24, 2.45) is 0 Å². The largest absolute Gasteiger partial charge is 0.308 e. The molecule has 0 amide bonds. The highest BCUT2D eigenvalue weighted by Gasteiger charge is 2.13. The summed E-state index contributed by atoms with van der Waals surface area (Å²) in [5.41, 5.74) is 1.03. The summed E-state index contributed by atoms with van der Waals surface area (Å²) in [4.78, 5) is 8.96. The predicted molar refractivity (Wildman–Crippen MR) is 73.3 cm³/mol. The smallest absolute Gasteiger partial charge is 0.0558 e. The molecule has 0 aliphatic heterocycles. The predicted octanol–water partition coefficient (Wildman–Crippen LogP) is 2.51. The number of likely N-dealkylation sites (N-methyl/N-ethyl adjacent to an activating group) is 2. The van der Waals surface area contributed by atoms with Crippen LogP contribution in [0.15, 0.2) is 18.3 Å². The van der Waals surface area contributed by atoms with E-state index in [0.29, 0.717) is 6.04 Å². The minimum atomic E-state index is 0.510. The lowest BCUT2D eigenvalue weighted by Crippen LogP contribution is -2.39. The molecule has 0 N–H and O–H groups in total. The van der Waals surface area contributed by atoms with Crippen molar-refractivity contribution in [1.82, 2.24) is 14.8 Å². The third-order valence-electron chi connectivity index (χ3n) is 2.80. The van der Waals surface area contributed by atoms with Crippen LogP contribution in [0.1, 0.15) is 19.5 Å². The molecule has 4 heteroatoms. The third-order valence-corrected chi connectivity index (χ3v) is 3.04. The van der Waals surface area contributed by atoms with Crippen LogP contribution in [0.25, 0.3) is 0 Å². The van der Waals surface area contributed by atoms with Gasteiger partial charge in [0.2, 0.25) is 0 Å². The highest BCUT2D eigenvalue weighted by Crippen LogP contribution is 2.11. The van der Waals surface area contributed by atoms with Gasteiger partial charge in [-0.1, -0.05) is 18.5 Å². The molecule has 0 bridgehead atoms. The Balaban J connectivity index is 2.63. The van der Waals surface area contributed by atoms with Gasteiger partial charge in [0.25, 0.3) is 0 Å². The molecule has 1 atom stereocenters. The Morgan fingerprint density at radius 2 is 2.12 bits per heavy atom. The molecule has 0 radical (unpaired) electrons. The molecule has 1 heterocycles. The fourth-order valence-electron chi connectivity index (χ4n) is 1.97. The molecule has 0 fully saturated rings. The van der Waals surface area contributed by atoms with E-state index in [-0.39, 0.29) is 0 Å². The normalized spacial score (nSPS) is 13.4. The Labute approximate surface area is 109 Å². The van der Waals surface area contributed by atoms with Gasteiger partial charge in [-0.3, -0.25) is 9.88 Å². The Hall–Kier alpha value is -0.640. The van der Waals surface area contributed by atoms with Crippen molar-refractivity contribution in [3.8, 4) is 0 Å². The average molecular weight is 256 g/mol. The summed E-state index contributed by atoms with van der Waals surface area (Å²) in [7, 11) is 4.20. The first-order valence-corrected chi connectivity index (χ1v) is 6.40. The molecular weight excluding hydrogens is 234 g/mol. The molecule has 96 valence electrons. The minimum absolute atomic E-state index is 0.510. The van der Waals surface area contributed by atoms with E-state index in [9.17, 15) is 0 Å². The van der Waals surface area contributed by atoms with E-state index >= 15 is 0 Å². The van der Waals surface area contributed by atoms with Gasteiger partial charge in [-0.2, -0.15) is 0 Å². The lowest BCUT2D eigenvalue weighted by molar-refractivity contribution is 0.172. The maximum Gasteiger partial charge on any atom is 0.0558 e. The Morgan fingerprint density at radius 3 is 2.65 bits per heavy atom. The van der Waals surface area contributed by atoms with E-state index in [1.54, 1.807) is 6.20 Å². The van der Waals surface area contributed by atoms with Crippen molar-refractivity contribution < 1.29 is 0 Å². The van der Waals surface area contributed by atoms with E-state index in [1.165, 1.54) is 0 Å². The maximum atomic E-state index is 5.97. The summed E-state index contributed by atoms with van der Waals surface area (Å²) >= 11 is 5.97. The summed E-state index contributed by atoms with van der Waals surface area (Å²) in [5, 5.41) is 0.756. The van der Waals surface area contributed by atoms with Crippen LogP contribution in [0.4, 0.5) is 0 Å². The molecule has 17 heavy (non-hydrogen) atoms. The fourth-order valence-corrected chi connectivity index (χ4v) is 2.15. The molecule has 0 aliphatic rings. The number of hydrogen-bond acceptors (Lipinski definition) is 3. The van der Waals surface area contributed by atoms with Crippen molar-refractivity contribution in [3.63, 3.8) is 0 Å². The van der Waals surface area contributed by atoms with Crippen molar-refractivity contribution in [2.45, 2.75) is 26.4 Å². The first-order valence-electron chi connectivity index (χ1n) is 6.02. The Kier molecular flexibility index (Phi) is 5.89. The van der Waals surface area contributed by atoms with Crippen molar-refractivity contribution in [2.75, 3.05) is 27.2 Å². The fraction of sp³-hybridized carbons (Fsp3) is 0.615. The summed E-state index contributed by atoms with van der Waals surface area (Å²) in [6, 6.07) is 4.26. The van der Waals surface area contributed by atoms with Crippen LogP contribution in [0.2, 0.25) is 5.02 Å². The van der Waals surface area contributed by atoms with E-state index in [2.05, 4.69) is 42.7 Å². The molecule has 1 aromatic heterocycles. The van der Waals surface area contributed by atoms with Gasteiger partial charge < -0.3 is 4.90 Å². The molecule has 1 unspecified atom stereocenters. The summed E-state index contributed by atoms with van der Waals surface area (Å²) in [6.45, 7) is 7.34. The van der Waals surface area contributed by atoms with E-state index < -0.39 is 0 Å². The molecule has 0 spiro atoms. The van der Waals surface area contributed by atoms with Crippen LogP contribution < -0.4 is 0 Å². The molecular formula is C13H22ClN3. The monoisotopic (exact) mass is 255 g/mol. The second kappa shape index (κ2) is 6.94. The molecule has 1 aromatic rings. The van der Waals surface area contributed by atoms with Gasteiger partial charge in [0, 0.05) is 30.4 Å². The first-order chi connectivity index (χ1) is 8.02. The van der Waals surface area contributed by atoms with E-state index in [0.717, 1.165) is 30.4 Å². The van der Waals surface area contributed by atoms with Gasteiger partial charge in [-0.25, -0.2) is 0 Å². The summed E-state index contributed by atoms with van der Waals surface area (Å²) in [6.07, 6.45) is 1.77. The topological polar surface area (TPSA) is 19.4 Å². The van der Waals surface area contributed by atoms with E-state index in [1.807, 2.05) is 12.1 Å². The molecule has 0 saturated heterocycles. The van der Waals surface area contributed by atoms with Crippen LogP contribution >= 0.6 is 11.6 Å². The van der Waals surface area contributed by atoms with Gasteiger partial charge >= 0.3 is 0 Å². The van der Waals surface area contributed by atoms with Crippen molar-refractivity contribution in [1.29, 1.82) is 0 Å². The Morgan fingerprint density at radius 1 is 1.41 bits per heavy atom. The second-order valence-electron chi connectivity index (χ2n) is 4.64. The lowest BCUT2D eigenvalue weighted by atomic mass is 10.2. The zero-order valence-corrected chi connectivity index (χ0v) is 11.9. The van der Waals surface area contributed by atoms with E-state index in [4.69, 9.17) is 11.6 Å². The summed E-state index contributed by atoms with van der Waals surface area (Å²) in [5.74, 6) is 0. The second-order valence-corrected chi connectivity index (χ2v) is 5.08. The lowest BCUT2D eigenvalue weighted by Gasteiger charge is -2.29. The molecule has 3 nitrogen and oxygen atoms in total. The SMILES string of the molecule is CCN(Cc1cc(Cl)ccn1)C(C)CN(C)C. The zero-order chi connectivity index (χ0) is 12.8. The molecule has 0 aliphatic carbocycles. The number of aromatic nitrogens is 1. The summed E-state index contributed by atoms with van der Waals surface area (Å²) < 4.78 is 0. The van der Waals surface area contributed by atoms with Gasteiger partial charge in [0.1, 0.15) is 0 Å². The molecule has 0 aromatic carbocycles. The number of nitrogens with zero attached hydrogens (tertiary/aromatic N) is 3. The molecule has 1 rings (SSSR count). The Bertz CT molecular complexity index is 341. The standard InChI is InChI=1S/C13H22ClN3/c1-5-17(11(2)9-16(3)4)10-13-8-12(14)6-7-15-13/h6-8,11H,5,9-10H2,1-4H3. The number of rotatable bonds is 6. The number of hydrogen-bond donors (Lipinski definition) is 0. The quantitative estimate of drug-likeness (QED) is 0.779. The van der Waals surface area contributed by atoms with Crippen LogP contribution in [-0.4, -0.2) is 48.0 Å². The van der Waals surface area contributed by atoms with Crippen LogP contribution in [-0.2, 0) is 6.54 Å². The van der Waals surface area contributed by atoms with Gasteiger partial charge in [-0.15, -0.1) is 0 Å². The average Bonchev–Trinajstić information content (AvgIpc) is 2.24. The van der Waals surface area contributed by atoms with Gasteiger partial charge in [0.15, 0.2) is 0 Å². The van der Waals surface area contributed by atoms with Crippen LogP contribution in [0, 0.1) is 0 Å². The van der Waals surface area contributed by atoms with Crippen LogP contribution in [0.5, 0.6) is 0 Å². The van der Waals surface area contributed by atoms with Crippen molar-refractivity contribution in [3.05, 3.63) is 29.0 Å². The van der Waals surface area contributed by atoms with Gasteiger partial charge in [0.05, 0.1) is 5.69 Å². The highest BCUT2D eigenvalue weighted by atomic mass is 35.5. The third kappa shape index (κ3) is 5.02. The van der Waals surface area contributed by atoms with Crippen molar-refractivity contribution >= 4 is 11.6 Å².